The zero-order valence-electron chi connectivity index (χ0n) is 26.0. The number of ether oxygens (including phenoxy) is 4. The lowest BCUT2D eigenvalue weighted by Gasteiger charge is -2.21. The molecule has 6 nitrogen and oxygen atoms in total. The largest absolute Gasteiger partial charge is 0.490 e. The van der Waals surface area contributed by atoms with E-state index in [0.29, 0.717) is 22.6 Å². The van der Waals surface area contributed by atoms with Crippen molar-refractivity contribution < 1.29 is 28.5 Å². The van der Waals surface area contributed by atoms with E-state index in [2.05, 4.69) is 82.5 Å². The maximum absolute atomic E-state index is 11.8. The van der Waals surface area contributed by atoms with Crippen molar-refractivity contribution >= 4 is 44.3 Å². The molecule has 0 bridgehead atoms. The summed E-state index contributed by atoms with van der Waals surface area (Å²) in [5, 5.41) is 7.28. The van der Waals surface area contributed by atoms with Gasteiger partial charge in [-0.2, -0.15) is 0 Å². The highest BCUT2D eigenvalue weighted by atomic mass is 16.6. The molecule has 0 amide bonds. The van der Waals surface area contributed by atoms with E-state index in [-0.39, 0.29) is 31.8 Å². The van der Waals surface area contributed by atoms with Gasteiger partial charge in [-0.1, -0.05) is 70.3 Å². The van der Waals surface area contributed by atoms with Crippen LogP contribution in [-0.4, -0.2) is 38.4 Å². The third kappa shape index (κ3) is 6.70. The molecule has 0 fully saturated rings. The first-order valence-electron chi connectivity index (χ1n) is 14.7. The summed E-state index contributed by atoms with van der Waals surface area (Å²) in [6, 6.07) is 23.4. The van der Waals surface area contributed by atoms with Crippen molar-refractivity contribution in [1.82, 2.24) is 0 Å². The molecule has 0 aromatic heterocycles. The van der Waals surface area contributed by atoms with Crippen LogP contribution >= 0.6 is 0 Å². The summed E-state index contributed by atoms with van der Waals surface area (Å²) in [6.07, 6.45) is 0. The molecular weight excluding hydrogens is 552 g/mol. The lowest BCUT2D eigenvalue weighted by Crippen LogP contribution is -2.13. The fourth-order valence-corrected chi connectivity index (χ4v) is 5.18. The molecule has 6 heteroatoms. The summed E-state index contributed by atoms with van der Waals surface area (Å²) >= 11 is 0. The van der Waals surface area contributed by atoms with Crippen LogP contribution in [0, 0.1) is 0 Å². The number of rotatable bonds is 11. The summed E-state index contributed by atoms with van der Waals surface area (Å²) in [7, 11) is 0. The molecule has 0 aliphatic carbocycles. The lowest BCUT2D eigenvalue weighted by molar-refractivity contribution is -0.140. The van der Waals surface area contributed by atoms with Gasteiger partial charge in [0.05, 0.1) is 0 Å². The van der Waals surface area contributed by atoms with Crippen LogP contribution in [0.4, 0.5) is 0 Å². The van der Waals surface area contributed by atoms with E-state index in [1.165, 1.54) is 27.1 Å². The molecular formula is C38H38O6. The zero-order valence-corrected chi connectivity index (χ0v) is 26.0. The highest BCUT2D eigenvalue weighted by Gasteiger charge is 2.18. The number of carbonyl (C=O) groups excluding carboxylic acids is 2. The first-order valence-corrected chi connectivity index (χ1v) is 14.7. The molecule has 0 spiro atoms. The smallest absolute Gasteiger partial charge is 0.333 e. The molecule has 226 valence electrons. The Hall–Kier alpha value is -4.84. The standard InChI is InChI=1S/C38H38O6/c1-23(2)36(39)43-14-12-41-32-20-30(21-33(22-32)42-13-15-44-37(40)24(3)4)29-16-25-8-10-27-18-31(38(5,6)7)19-28-11-9-26(17-29)34(25)35(27)28/h8-11,16-22H,1,3,12-15H2,2,4-7H3. The number of carbonyl (C=O) groups is 2. The average molecular weight is 591 g/mol. The summed E-state index contributed by atoms with van der Waals surface area (Å²) in [4.78, 5) is 23.5. The lowest BCUT2D eigenvalue weighted by atomic mass is 9.83. The Morgan fingerprint density at radius 1 is 0.591 bits per heavy atom. The number of hydrogen-bond donors (Lipinski definition) is 0. The molecule has 0 radical (unpaired) electrons. The second-order valence-electron chi connectivity index (χ2n) is 12.2. The Kier molecular flexibility index (Phi) is 8.63. The topological polar surface area (TPSA) is 71.1 Å². The van der Waals surface area contributed by atoms with Gasteiger partial charge in [-0.25, -0.2) is 9.59 Å². The van der Waals surface area contributed by atoms with Gasteiger partial charge in [-0.05, 0) is 92.5 Å². The Bertz CT molecular complexity index is 1770. The molecule has 5 aromatic rings. The van der Waals surface area contributed by atoms with Gasteiger partial charge in [-0.3, -0.25) is 0 Å². The summed E-state index contributed by atoms with van der Waals surface area (Å²) < 4.78 is 22.3. The van der Waals surface area contributed by atoms with Crippen LogP contribution in [0.2, 0.25) is 0 Å². The van der Waals surface area contributed by atoms with Crippen molar-refractivity contribution in [3.05, 3.63) is 96.6 Å². The Labute approximate surface area is 258 Å². The SMILES string of the molecule is C=C(C)C(=O)OCCOc1cc(OCCOC(=O)C(=C)C)cc(-c2cc3ccc4cc(C(C)(C)C)cc5ccc(c2)c3c45)c1. The highest BCUT2D eigenvalue weighted by Crippen LogP contribution is 2.40. The van der Waals surface area contributed by atoms with Crippen LogP contribution in [0.3, 0.4) is 0 Å². The quantitative estimate of drug-likeness (QED) is 0.0664. The molecule has 0 saturated carbocycles. The molecule has 0 N–H and O–H groups in total. The molecule has 0 aliphatic rings. The monoisotopic (exact) mass is 590 g/mol. The van der Waals surface area contributed by atoms with Gasteiger partial charge in [0.1, 0.15) is 37.9 Å². The van der Waals surface area contributed by atoms with Crippen molar-refractivity contribution in [3.8, 4) is 22.6 Å². The number of hydrogen-bond acceptors (Lipinski definition) is 6. The van der Waals surface area contributed by atoms with Crippen LogP contribution in [-0.2, 0) is 24.5 Å². The molecule has 0 atom stereocenters. The Balaban J connectivity index is 1.48. The third-order valence-corrected chi connectivity index (χ3v) is 7.48. The minimum atomic E-state index is -0.459. The van der Waals surface area contributed by atoms with Crippen LogP contribution in [0.5, 0.6) is 11.5 Å². The third-order valence-electron chi connectivity index (χ3n) is 7.48. The van der Waals surface area contributed by atoms with Crippen LogP contribution in [0.15, 0.2) is 91.0 Å². The minimum Gasteiger partial charge on any atom is -0.490 e. The number of esters is 2. The fourth-order valence-electron chi connectivity index (χ4n) is 5.18. The molecule has 0 heterocycles. The van der Waals surface area contributed by atoms with E-state index < -0.39 is 11.9 Å². The molecule has 5 aromatic carbocycles. The maximum Gasteiger partial charge on any atom is 0.333 e. The zero-order chi connectivity index (χ0) is 31.6. The van der Waals surface area contributed by atoms with Crippen molar-refractivity contribution in [1.29, 1.82) is 0 Å². The first-order chi connectivity index (χ1) is 20.9. The normalized spacial score (nSPS) is 11.6. The van der Waals surface area contributed by atoms with Crippen LogP contribution in [0.1, 0.15) is 40.2 Å². The molecule has 0 aliphatic heterocycles. The van der Waals surface area contributed by atoms with Gasteiger partial charge in [0.2, 0.25) is 0 Å². The Morgan fingerprint density at radius 3 is 1.36 bits per heavy atom. The highest BCUT2D eigenvalue weighted by molar-refractivity contribution is 6.24. The first kappa shape index (κ1) is 30.6. The van der Waals surface area contributed by atoms with Crippen molar-refractivity contribution in [3.63, 3.8) is 0 Å². The summed E-state index contributed by atoms with van der Waals surface area (Å²) in [5.74, 6) is 0.198. The van der Waals surface area contributed by atoms with Gasteiger partial charge in [0, 0.05) is 17.2 Å². The maximum atomic E-state index is 11.8. The predicted molar refractivity (Wildman–Crippen MR) is 177 cm³/mol. The molecule has 0 unspecified atom stereocenters. The molecule has 44 heavy (non-hydrogen) atoms. The van der Waals surface area contributed by atoms with Crippen molar-refractivity contribution in [2.24, 2.45) is 0 Å². The van der Waals surface area contributed by atoms with Gasteiger partial charge >= 0.3 is 11.9 Å². The van der Waals surface area contributed by atoms with Gasteiger partial charge < -0.3 is 18.9 Å². The van der Waals surface area contributed by atoms with E-state index in [0.717, 1.165) is 21.9 Å². The van der Waals surface area contributed by atoms with Crippen molar-refractivity contribution in [2.45, 2.75) is 40.0 Å². The predicted octanol–water partition coefficient (Wildman–Crippen LogP) is 8.54. The van der Waals surface area contributed by atoms with Gasteiger partial charge in [0.15, 0.2) is 0 Å². The molecule has 5 rings (SSSR count). The molecule has 0 saturated heterocycles. The number of benzene rings is 5. The summed E-state index contributed by atoms with van der Waals surface area (Å²) in [5.41, 5.74) is 3.94. The fraction of sp³-hybridized carbons (Fsp3) is 0.263. The van der Waals surface area contributed by atoms with Gasteiger partial charge in [0.25, 0.3) is 0 Å². The second kappa shape index (κ2) is 12.4. The van der Waals surface area contributed by atoms with E-state index in [1.54, 1.807) is 19.9 Å². The van der Waals surface area contributed by atoms with Crippen LogP contribution < -0.4 is 9.47 Å². The Morgan fingerprint density at radius 2 is 0.977 bits per heavy atom. The van der Waals surface area contributed by atoms with E-state index in [1.807, 2.05) is 12.1 Å². The average Bonchev–Trinajstić information content (AvgIpc) is 2.98. The van der Waals surface area contributed by atoms with Crippen molar-refractivity contribution in [2.75, 3.05) is 26.4 Å². The van der Waals surface area contributed by atoms with Crippen LogP contribution in [0.25, 0.3) is 43.4 Å². The second-order valence-corrected chi connectivity index (χ2v) is 12.2. The van der Waals surface area contributed by atoms with E-state index in [9.17, 15) is 9.59 Å². The minimum absolute atomic E-state index is 0.0585. The van der Waals surface area contributed by atoms with Gasteiger partial charge in [-0.15, -0.1) is 0 Å². The van der Waals surface area contributed by atoms with E-state index >= 15 is 0 Å². The summed E-state index contributed by atoms with van der Waals surface area (Å²) in [6.45, 7) is 17.6. The van der Waals surface area contributed by atoms with E-state index in [4.69, 9.17) is 18.9 Å².